The van der Waals surface area contributed by atoms with Gasteiger partial charge in [-0.25, -0.2) is 0 Å². The van der Waals surface area contributed by atoms with Gasteiger partial charge in [0, 0.05) is 29.8 Å². The van der Waals surface area contributed by atoms with Crippen molar-refractivity contribution in [1.82, 2.24) is 10.2 Å². The highest BCUT2D eigenvalue weighted by atomic mass is 16.5. The molecule has 0 saturated heterocycles. The highest BCUT2D eigenvalue weighted by Gasteiger charge is 2.22. The maximum Gasteiger partial charge on any atom is 0.238 e. The number of hydrogen-bond donors (Lipinski definition) is 2. The summed E-state index contributed by atoms with van der Waals surface area (Å²) in [6, 6.07) is 11.5. The number of hydrogen-bond acceptors (Lipinski definition) is 5. The zero-order valence-electron chi connectivity index (χ0n) is 18.7. The predicted molar refractivity (Wildman–Crippen MR) is 121 cm³/mol. The summed E-state index contributed by atoms with van der Waals surface area (Å²) in [5, 5.41) is 5.75. The Morgan fingerprint density at radius 3 is 2.58 bits per heavy atom. The van der Waals surface area contributed by atoms with Gasteiger partial charge in [0.1, 0.15) is 17.6 Å². The fourth-order valence-electron chi connectivity index (χ4n) is 3.54. The van der Waals surface area contributed by atoms with Crippen molar-refractivity contribution in [2.75, 3.05) is 32.1 Å². The number of carbonyl (C=O) groups is 2. The summed E-state index contributed by atoms with van der Waals surface area (Å²) in [6.45, 7) is 7.08. The monoisotopic (exact) mass is 425 g/mol. The van der Waals surface area contributed by atoms with E-state index in [0.717, 1.165) is 40.3 Å². The molecular weight excluding hydrogens is 394 g/mol. The van der Waals surface area contributed by atoms with Gasteiger partial charge in [-0.3, -0.25) is 14.5 Å². The van der Waals surface area contributed by atoms with Crippen LogP contribution < -0.4 is 20.1 Å². The van der Waals surface area contributed by atoms with Crippen LogP contribution in [0, 0.1) is 6.92 Å². The molecule has 0 aromatic heterocycles. The lowest BCUT2D eigenvalue weighted by atomic mass is 10.1. The zero-order valence-corrected chi connectivity index (χ0v) is 18.7. The summed E-state index contributed by atoms with van der Waals surface area (Å²) in [7, 11) is 1.74. The van der Waals surface area contributed by atoms with Gasteiger partial charge in [0.15, 0.2) is 0 Å². The lowest BCUT2D eigenvalue weighted by Crippen LogP contribution is -2.38. The smallest absolute Gasteiger partial charge is 0.238 e. The number of fused-ring (bicyclic) bond motifs is 1. The third-order valence-electron chi connectivity index (χ3n) is 5.02. The van der Waals surface area contributed by atoms with E-state index >= 15 is 0 Å². The first-order chi connectivity index (χ1) is 14.8. The molecule has 1 atom stereocenters. The number of likely N-dealkylation sites (N-methyl/N-ethyl adjacent to an activating group) is 1. The number of carbonyl (C=O) groups excluding carboxylic acids is 2. The second-order valence-corrected chi connectivity index (χ2v) is 8.00. The first kappa shape index (κ1) is 22.6. The van der Waals surface area contributed by atoms with E-state index in [1.165, 1.54) is 0 Å². The molecule has 0 saturated carbocycles. The molecule has 7 nitrogen and oxygen atoms in total. The van der Waals surface area contributed by atoms with Crippen LogP contribution in [0.2, 0.25) is 0 Å². The maximum atomic E-state index is 12.4. The molecule has 0 spiro atoms. The van der Waals surface area contributed by atoms with Crippen molar-refractivity contribution in [2.45, 2.75) is 39.8 Å². The molecule has 2 aromatic carbocycles. The lowest BCUT2D eigenvalue weighted by molar-refractivity contribution is -0.123. The molecule has 0 aliphatic carbocycles. The number of benzene rings is 2. The third kappa shape index (κ3) is 6.46. The standard InChI is InChI=1S/C24H31N3O4/c1-5-30-21-11-18-10-17(3)31-22(18)12-19(21)13-25-23(28)14-27(4)15-24(29)26-20-8-6-16(2)7-9-20/h6-9,11-12,17H,5,10,13-15H2,1-4H3,(H,25,28)(H,26,29)/t17-/m1/s1. The average molecular weight is 426 g/mol. The van der Waals surface area contributed by atoms with Crippen LogP contribution in [0.4, 0.5) is 5.69 Å². The van der Waals surface area contributed by atoms with E-state index in [1.54, 1.807) is 11.9 Å². The number of anilines is 1. The number of rotatable bonds is 9. The van der Waals surface area contributed by atoms with Crippen molar-refractivity contribution in [3.63, 3.8) is 0 Å². The van der Waals surface area contributed by atoms with E-state index in [1.807, 2.05) is 57.2 Å². The zero-order chi connectivity index (χ0) is 22.4. The predicted octanol–water partition coefficient (Wildman–Crippen LogP) is 2.90. The molecule has 2 aromatic rings. The van der Waals surface area contributed by atoms with Crippen molar-refractivity contribution in [3.8, 4) is 11.5 Å². The van der Waals surface area contributed by atoms with Gasteiger partial charge in [-0.2, -0.15) is 0 Å². The summed E-state index contributed by atoms with van der Waals surface area (Å²) >= 11 is 0. The first-order valence-electron chi connectivity index (χ1n) is 10.6. The lowest BCUT2D eigenvalue weighted by Gasteiger charge is -2.17. The molecule has 7 heteroatoms. The number of ether oxygens (including phenoxy) is 2. The van der Waals surface area contributed by atoms with E-state index in [2.05, 4.69) is 10.6 Å². The third-order valence-corrected chi connectivity index (χ3v) is 5.02. The van der Waals surface area contributed by atoms with Gasteiger partial charge in [-0.1, -0.05) is 17.7 Å². The maximum absolute atomic E-state index is 12.4. The SMILES string of the molecule is CCOc1cc2c(cc1CNC(=O)CN(C)CC(=O)Nc1ccc(C)cc1)O[C@H](C)C2. The second kappa shape index (κ2) is 10.3. The topological polar surface area (TPSA) is 79.9 Å². The summed E-state index contributed by atoms with van der Waals surface area (Å²) in [4.78, 5) is 26.3. The summed E-state index contributed by atoms with van der Waals surface area (Å²) in [5.41, 5.74) is 3.88. The van der Waals surface area contributed by atoms with Crippen LogP contribution in [-0.2, 0) is 22.6 Å². The fourth-order valence-corrected chi connectivity index (χ4v) is 3.54. The van der Waals surface area contributed by atoms with Gasteiger partial charge >= 0.3 is 0 Å². The quantitative estimate of drug-likeness (QED) is 0.646. The molecule has 166 valence electrons. The van der Waals surface area contributed by atoms with Crippen LogP contribution in [-0.4, -0.2) is 49.6 Å². The molecule has 0 fully saturated rings. The Morgan fingerprint density at radius 1 is 1.16 bits per heavy atom. The molecule has 0 bridgehead atoms. The van der Waals surface area contributed by atoms with Crippen molar-refractivity contribution < 1.29 is 19.1 Å². The van der Waals surface area contributed by atoms with Crippen LogP contribution in [0.5, 0.6) is 11.5 Å². The minimum absolute atomic E-state index is 0.115. The Hall–Kier alpha value is -3.06. The summed E-state index contributed by atoms with van der Waals surface area (Å²) in [5.74, 6) is 1.29. The molecule has 0 unspecified atom stereocenters. The van der Waals surface area contributed by atoms with Gasteiger partial charge in [-0.05, 0) is 52.1 Å². The molecule has 2 amide bonds. The Balaban J connectivity index is 1.50. The van der Waals surface area contributed by atoms with E-state index in [9.17, 15) is 9.59 Å². The van der Waals surface area contributed by atoms with Gasteiger partial charge in [-0.15, -0.1) is 0 Å². The highest BCUT2D eigenvalue weighted by Crippen LogP contribution is 2.35. The van der Waals surface area contributed by atoms with Gasteiger partial charge in [0.25, 0.3) is 0 Å². The molecule has 1 heterocycles. The number of nitrogens with one attached hydrogen (secondary N) is 2. The summed E-state index contributed by atoms with van der Waals surface area (Å²) < 4.78 is 11.6. The number of amides is 2. The van der Waals surface area contributed by atoms with Crippen molar-refractivity contribution >= 4 is 17.5 Å². The molecule has 3 rings (SSSR count). The van der Waals surface area contributed by atoms with Gasteiger partial charge in [0.2, 0.25) is 11.8 Å². The largest absolute Gasteiger partial charge is 0.494 e. The van der Waals surface area contributed by atoms with Crippen LogP contribution in [0.25, 0.3) is 0 Å². The van der Waals surface area contributed by atoms with Crippen molar-refractivity contribution in [1.29, 1.82) is 0 Å². The minimum Gasteiger partial charge on any atom is -0.494 e. The molecule has 1 aliphatic heterocycles. The van der Waals surface area contributed by atoms with Crippen LogP contribution >= 0.6 is 0 Å². The molecule has 1 aliphatic rings. The van der Waals surface area contributed by atoms with E-state index in [4.69, 9.17) is 9.47 Å². The normalized spacial score (nSPS) is 14.7. The van der Waals surface area contributed by atoms with Crippen LogP contribution in [0.3, 0.4) is 0 Å². The van der Waals surface area contributed by atoms with Crippen LogP contribution in [0.1, 0.15) is 30.5 Å². The number of aryl methyl sites for hydroxylation is 1. The Bertz CT molecular complexity index is 927. The Kier molecular flexibility index (Phi) is 7.52. The minimum atomic E-state index is -0.164. The van der Waals surface area contributed by atoms with E-state index in [-0.39, 0.29) is 31.0 Å². The summed E-state index contributed by atoms with van der Waals surface area (Å²) in [6.07, 6.45) is 1.01. The molecule has 31 heavy (non-hydrogen) atoms. The Morgan fingerprint density at radius 2 is 1.87 bits per heavy atom. The van der Waals surface area contributed by atoms with Crippen molar-refractivity contribution in [3.05, 3.63) is 53.1 Å². The number of nitrogens with zero attached hydrogens (tertiary/aromatic N) is 1. The van der Waals surface area contributed by atoms with Gasteiger partial charge < -0.3 is 20.1 Å². The van der Waals surface area contributed by atoms with Gasteiger partial charge in [0.05, 0.1) is 19.7 Å². The molecular formula is C24H31N3O4. The molecule has 0 radical (unpaired) electrons. The highest BCUT2D eigenvalue weighted by molar-refractivity contribution is 5.92. The molecule has 2 N–H and O–H groups in total. The van der Waals surface area contributed by atoms with E-state index < -0.39 is 0 Å². The first-order valence-corrected chi connectivity index (χ1v) is 10.6. The van der Waals surface area contributed by atoms with E-state index in [0.29, 0.717) is 13.2 Å². The average Bonchev–Trinajstić information content (AvgIpc) is 3.06. The van der Waals surface area contributed by atoms with Crippen LogP contribution in [0.15, 0.2) is 36.4 Å². The Labute approximate surface area is 183 Å². The second-order valence-electron chi connectivity index (χ2n) is 8.00. The van der Waals surface area contributed by atoms with Crippen molar-refractivity contribution in [2.24, 2.45) is 0 Å². The fraction of sp³-hybridized carbons (Fsp3) is 0.417.